The predicted octanol–water partition coefficient (Wildman–Crippen LogP) is 5.33. The van der Waals surface area contributed by atoms with Gasteiger partial charge in [0.1, 0.15) is 24.4 Å². The molecule has 3 aliphatic heterocycles. The van der Waals surface area contributed by atoms with Crippen LogP contribution < -0.4 is 0 Å². The normalized spacial score (nSPS) is 31.0. The predicted molar refractivity (Wildman–Crippen MR) is 154 cm³/mol. The van der Waals surface area contributed by atoms with Crippen LogP contribution in [-0.2, 0) is 51.1 Å². The number of ether oxygens (including phenoxy) is 8. The Labute approximate surface area is 247 Å². The zero-order chi connectivity index (χ0) is 28.6. The summed E-state index contributed by atoms with van der Waals surface area (Å²) in [7, 11) is 1.63. The Bertz CT molecular complexity index is 1240. The van der Waals surface area contributed by atoms with Crippen LogP contribution in [0.3, 0.4) is 0 Å². The molecule has 0 aliphatic carbocycles. The number of methoxy groups -OCH3 is 1. The van der Waals surface area contributed by atoms with Crippen LogP contribution in [0.5, 0.6) is 0 Å². The van der Waals surface area contributed by atoms with Crippen molar-refractivity contribution in [2.75, 3.05) is 20.3 Å². The van der Waals surface area contributed by atoms with Crippen LogP contribution in [-0.4, -0.2) is 63.4 Å². The second kappa shape index (κ2) is 14.5. The van der Waals surface area contributed by atoms with Crippen molar-refractivity contribution >= 4 is 0 Å². The first-order valence-electron chi connectivity index (χ1n) is 14.5. The highest BCUT2D eigenvalue weighted by Gasteiger charge is 2.46. The Hall–Kier alpha value is -2.92. The van der Waals surface area contributed by atoms with Crippen LogP contribution in [0.4, 0.5) is 0 Å². The van der Waals surface area contributed by atoms with E-state index in [2.05, 4.69) is 0 Å². The molecule has 0 bridgehead atoms. The van der Waals surface area contributed by atoms with Crippen molar-refractivity contribution in [3.05, 3.63) is 120 Å². The molecule has 8 atom stereocenters. The first kappa shape index (κ1) is 29.2. The van der Waals surface area contributed by atoms with Crippen molar-refractivity contribution in [2.45, 2.75) is 69.0 Å². The van der Waals surface area contributed by atoms with Crippen LogP contribution in [0.2, 0.25) is 0 Å². The summed E-state index contributed by atoms with van der Waals surface area (Å²) in [6.07, 6.45) is 1.18. The molecule has 3 aromatic carbocycles. The zero-order valence-corrected chi connectivity index (χ0v) is 23.7. The van der Waals surface area contributed by atoms with Crippen LogP contribution in [0.1, 0.15) is 29.4 Å². The quantitative estimate of drug-likeness (QED) is 0.285. The van der Waals surface area contributed by atoms with Gasteiger partial charge in [0.15, 0.2) is 18.9 Å². The molecule has 0 amide bonds. The highest BCUT2D eigenvalue weighted by atomic mass is 16.8. The van der Waals surface area contributed by atoms with Gasteiger partial charge in [-0.3, -0.25) is 0 Å². The summed E-state index contributed by atoms with van der Waals surface area (Å²) in [4.78, 5) is 0. The molecular weight excluding hydrogens is 536 g/mol. The molecule has 42 heavy (non-hydrogen) atoms. The van der Waals surface area contributed by atoms with Gasteiger partial charge < -0.3 is 37.9 Å². The Morgan fingerprint density at radius 2 is 1.45 bits per heavy atom. The highest BCUT2D eigenvalue weighted by Crippen LogP contribution is 2.36. The van der Waals surface area contributed by atoms with Crippen molar-refractivity contribution in [1.82, 2.24) is 0 Å². The lowest BCUT2D eigenvalue weighted by molar-refractivity contribution is -0.351. The van der Waals surface area contributed by atoms with Crippen molar-refractivity contribution in [2.24, 2.45) is 0 Å². The van der Waals surface area contributed by atoms with Gasteiger partial charge in [0, 0.05) is 19.1 Å². The van der Waals surface area contributed by atoms with Crippen LogP contribution >= 0.6 is 0 Å². The van der Waals surface area contributed by atoms with Crippen molar-refractivity contribution in [3.8, 4) is 0 Å². The monoisotopic (exact) mass is 574 g/mol. The van der Waals surface area contributed by atoms with Gasteiger partial charge in [0.2, 0.25) is 0 Å². The third kappa shape index (κ3) is 7.53. The van der Waals surface area contributed by atoms with E-state index in [0.717, 1.165) is 16.7 Å². The molecular formula is C34H38O8. The Morgan fingerprint density at radius 1 is 0.762 bits per heavy atom. The largest absolute Gasteiger partial charge is 0.374 e. The highest BCUT2D eigenvalue weighted by molar-refractivity contribution is 5.17. The lowest BCUT2D eigenvalue weighted by Gasteiger charge is -2.46. The molecule has 6 rings (SSSR count). The standard InChI is InChI=1S/C34H38O8/c1-35-32-19-28(33-30(41-32)23-38-34(42-33)26-15-9-4-10-16-26)39-31-18-17-27(37-21-25-13-7-3-8-14-25)29(40-31)22-36-20-24-11-5-2-6-12-24/h2-18,27-34H,19-23H2,1H3/t27-,28+,29+,30+,31+,32-,33-,34?/m0/s1. The summed E-state index contributed by atoms with van der Waals surface area (Å²) in [5, 5.41) is 0. The first-order valence-corrected chi connectivity index (χ1v) is 14.5. The molecule has 0 spiro atoms. The summed E-state index contributed by atoms with van der Waals surface area (Å²) in [5.74, 6) is 0. The van der Waals surface area contributed by atoms with E-state index >= 15 is 0 Å². The van der Waals surface area contributed by atoms with Gasteiger partial charge in [-0.2, -0.15) is 0 Å². The smallest absolute Gasteiger partial charge is 0.184 e. The maximum Gasteiger partial charge on any atom is 0.184 e. The zero-order valence-electron chi connectivity index (χ0n) is 23.7. The number of hydrogen-bond acceptors (Lipinski definition) is 8. The SMILES string of the molecule is CO[C@@H]1C[C@@H](O[C@H]2C=C[C@H](OCc3ccccc3)[C@@H](COCc3ccccc3)O2)[C@@H]2OC(c3ccccc3)OC[C@H]2O1. The average Bonchev–Trinajstić information content (AvgIpc) is 3.05. The Morgan fingerprint density at radius 3 is 2.17 bits per heavy atom. The molecule has 0 aromatic heterocycles. The molecule has 3 heterocycles. The van der Waals surface area contributed by atoms with E-state index in [1.807, 2.05) is 103 Å². The first-order chi connectivity index (χ1) is 20.7. The molecule has 222 valence electrons. The van der Waals surface area contributed by atoms with E-state index in [-0.39, 0.29) is 30.5 Å². The molecule has 3 aromatic rings. The molecule has 2 fully saturated rings. The Kier molecular flexibility index (Phi) is 10.1. The summed E-state index contributed by atoms with van der Waals surface area (Å²) in [6.45, 7) is 1.67. The van der Waals surface area contributed by atoms with Gasteiger partial charge in [-0.05, 0) is 17.2 Å². The summed E-state index contributed by atoms with van der Waals surface area (Å²) in [6, 6.07) is 30.1. The molecule has 3 aliphatic rings. The molecule has 0 N–H and O–H groups in total. The lowest BCUT2D eigenvalue weighted by Crippen LogP contribution is -2.57. The minimum absolute atomic E-state index is 0.295. The Balaban J connectivity index is 1.13. The van der Waals surface area contributed by atoms with E-state index in [0.29, 0.717) is 32.8 Å². The lowest BCUT2D eigenvalue weighted by atomic mass is 9.99. The number of fused-ring (bicyclic) bond motifs is 1. The maximum atomic E-state index is 6.56. The molecule has 0 radical (unpaired) electrons. The number of rotatable bonds is 11. The van der Waals surface area contributed by atoms with Gasteiger partial charge >= 0.3 is 0 Å². The molecule has 8 heteroatoms. The number of hydrogen-bond donors (Lipinski definition) is 0. The van der Waals surface area contributed by atoms with Crippen LogP contribution in [0.25, 0.3) is 0 Å². The molecule has 2 saturated heterocycles. The fraction of sp³-hybridized carbons (Fsp3) is 0.412. The average molecular weight is 575 g/mol. The number of benzene rings is 3. The van der Waals surface area contributed by atoms with Crippen molar-refractivity contribution in [1.29, 1.82) is 0 Å². The molecule has 8 nitrogen and oxygen atoms in total. The van der Waals surface area contributed by atoms with Gasteiger partial charge in [-0.1, -0.05) is 97.1 Å². The van der Waals surface area contributed by atoms with E-state index in [9.17, 15) is 0 Å². The topological polar surface area (TPSA) is 73.8 Å². The fourth-order valence-corrected chi connectivity index (χ4v) is 5.43. The van der Waals surface area contributed by atoms with Crippen LogP contribution in [0, 0.1) is 0 Å². The van der Waals surface area contributed by atoms with E-state index in [1.54, 1.807) is 7.11 Å². The van der Waals surface area contributed by atoms with Gasteiger partial charge in [0.05, 0.1) is 32.5 Å². The summed E-state index contributed by atoms with van der Waals surface area (Å²) < 4.78 is 49.5. The minimum Gasteiger partial charge on any atom is -0.374 e. The van der Waals surface area contributed by atoms with Gasteiger partial charge in [-0.15, -0.1) is 0 Å². The third-order valence-corrected chi connectivity index (χ3v) is 7.63. The maximum absolute atomic E-state index is 6.56. The summed E-state index contributed by atoms with van der Waals surface area (Å²) in [5.41, 5.74) is 3.14. The van der Waals surface area contributed by atoms with Crippen LogP contribution in [0.15, 0.2) is 103 Å². The minimum atomic E-state index is -0.616. The fourth-order valence-electron chi connectivity index (χ4n) is 5.43. The molecule has 1 unspecified atom stereocenters. The second-order valence-corrected chi connectivity index (χ2v) is 10.6. The van der Waals surface area contributed by atoms with E-state index < -0.39 is 18.9 Å². The van der Waals surface area contributed by atoms with Gasteiger partial charge in [-0.25, -0.2) is 0 Å². The molecule has 0 saturated carbocycles. The van der Waals surface area contributed by atoms with Crippen molar-refractivity contribution < 1.29 is 37.9 Å². The summed E-state index contributed by atoms with van der Waals surface area (Å²) >= 11 is 0. The van der Waals surface area contributed by atoms with E-state index in [1.165, 1.54) is 0 Å². The van der Waals surface area contributed by atoms with Crippen molar-refractivity contribution in [3.63, 3.8) is 0 Å². The third-order valence-electron chi connectivity index (χ3n) is 7.63. The van der Waals surface area contributed by atoms with Gasteiger partial charge in [0.25, 0.3) is 0 Å². The second-order valence-electron chi connectivity index (χ2n) is 10.6. The van der Waals surface area contributed by atoms with E-state index in [4.69, 9.17) is 37.9 Å².